The molecule has 1 amide bonds. The quantitative estimate of drug-likeness (QED) is 0.553. The molecule has 0 spiro atoms. The van der Waals surface area contributed by atoms with Gasteiger partial charge in [-0.25, -0.2) is 0 Å². The van der Waals surface area contributed by atoms with E-state index in [9.17, 15) is 9.59 Å². The Labute approximate surface area is 155 Å². The third-order valence-corrected chi connectivity index (χ3v) is 4.20. The third kappa shape index (κ3) is 5.51. The van der Waals surface area contributed by atoms with E-state index in [4.69, 9.17) is 4.74 Å². The lowest BCUT2D eigenvalue weighted by atomic mass is 10.0. The van der Waals surface area contributed by atoms with Crippen molar-refractivity contribution in [1.29, 1.82) is 0 Å². The number of ether oxygens (including phenoxy) is 1. The van der Waals surface area contributed by atoms with E-state index in [2.05, 4.69) is 5.32 Å². The summed E-state index contributed by atoms with van der Waals surface area (Å²) in [6.45, 7) is 2.89. The van der Waals surface area contributed by atoms with Gasteiger partial charge in [0.2, 0.25) is 5.91 Å². The van der Waals surface area contributed by atoms with E-state index in [0.717, 1.165) is 18.5 Å². The number of hydrogen-bond acceptors (Lipinski definition) is 4. The highest BCUT2D eigenvalue weighted by Crippen LogP contribution is 2.22. The average molecular weight is 354 g/mol. The van der Waals surface area contributed by atoms with Crippen molar-refractivity contribution in [2.24, 2.45) is 0 Å². The van der Waals surface area contributed by atoms with Crippen LogP contribution in [0, 0.1) is 0 Å². The van der Waals surface area contributed by atoms with Gasteiger partial charge in [0, 0.05) is 31.5 Å². The number of anilines is 1. The van der Waals surface area contributed by atoms with E-state index < -0.39 is 6.04 Å². The van der Waals surface area contributed by atoms with Crippen LogP contribution >= 0.6 is 0 Å². The third-order valence-electron chi connectivity index (χ3n) is 4.20. The molecule has 2 rings (SSSR count). The van der Waals surface area contributed by atoms with Gasteiger partial charge in [-0.3, -0.25) is 14.5 Å². The molecular weight excluding hydrogens is 328 g/mol. The SMILES string of the molecule is COCCCN(C)C(C(=O)Nc1cccc(C(C)=O)c1)c1ccccc1. The number of Topliss-reactive ketones (excluding diaryl/α,β-unsaturated/α-hetero) is 1. The molecule has 0 aliphatic heterocycles. The van der Waals surface area contributed by atoms with Gasteiger partial charge in [-0.05, 0) is 38.1 Å². The summed E-state index contributed by atoms with van der Waals surface area (Å²) >= 11 is 0. The first-order chi connectivity index (χ1) is 12.5. The molecular formula is C21H26N2O3. The Morgan fingerprint density at radius 3 is 2.50 bits per heavy atom. The molecule has 5 nitrogen and oxygen atoms in total. The molecule has 0 fully saturated rings. The van der Waals surface area contributed by atoms with Crippen LogP contribution < -0.4 is 5.32 Å². The van der Waals surface area contributed by atoms with Crippen LogP contribution in [-0.4, -0.2) is 43.9 Å². The average Bonchev–Trinajstić information content (AvgIpc) is 2.63. The van der Waals surface area contributed by atoms with E-state index in [1.54, 1.807) is 31.4 Å². The van der Waals surface area contributed by atoms with Crippen molar-refractivity contribution >= 4 is 17.4 Å². The van der Waals surface area contributed by atoms with Crippen LogP contribution in [0.25, 0.3) is 0 Å². The summed E-state index contributed by atoms with van der Waals surface area (Å²) in [4.78, 5) is 26.6. The molecule has 26 heavy (non-hydrogen) atoms. The maximum Gasteiger partial charge on any atom is 0.246 e. The maximum absolute atomic E-state index is 13.0. The zero-order valence-electron chi connectivity index (χ0n) is 15.6. The minimum atomic E-state index is -0.422. The second kappa shape index (κ2) is 9.85. The number of nitrogens with zero attached hydrogens (tertiary/aromatic N) is 1. The molecule has 2 aromatic rings. The molecule has 2 aromatic carbocycles. The zero-order valence-corrected chi connectivity index (χ0v) is 15.6. The zero-order chi connectivity index (χ0) is 18.9. The summed E-state index contributed by atoms with van der Waals surface area (Å²) in [5, 5.41) is 2.94. The highest BCUT2D eigenvalue weighted by Gasteiger charge is 2.25. The number of rotatable bonds is 9. The van der Waals surface area contributed by atoms with Gasteiger partial charge >= 0.3 is 0 Å². The van der Waals surface area contributed by atoms with Crippen LogP contribution in [0.15, 0.2) is 54.6 Å². The van der Waals surface area contributed by atoms with Crippen LogP contribution in [0.3, 0.4) is 0 Å². The number of carbonyl (C=O) groups excluding carboxylic acids is 2. The summed E-state index contributed by atoms with van der Waals surface area (Å²) in [6.07, 6.45) is 0.837. The van der Waals surface area contributed by atoms with E-state index >= 15 is 0 Å². The van der Waals surface area contributed by atoms with Gasteiger partial charge in [0.25, 0.3) is 0 Å². The fraction of sp³-hybridized carbons (Fsp3) is 0.333. The maximum atomic E-state index is 13.0. The summed E-state index contributed by atoms with van der Waals surface area (Å²) in [5.74, 6) is -0.158. The predicted octanol–water partition coefficient (Wildman–Crippen LogP) is 3.54. The number of amides is 1. The lowest BCUT2D eigenvalue weighted by molar-refractivity contribution is -0.121. The second-order valence-electron chi connectivity index (χ2n) is 6.27. The Balaban J connectivity index is 2.20. The van der Waals surface area contributed by atoms with Crippen molar-refractivity contribution in [3.8, 4) is 0 Å². The molecule has 1 N–H and O–H groups in total. The summed E-state index contributed by atoms with van der Waals surface area (Å²) < 4.78 is 5.11. The number of methoxy groups -OCH3 is 1. The van der Waals surface area contributed by atoms with Gasteiger partial charge in [-0.1, -0.05) is 42.5 Å². The number of likely N-dealkylation sites (N-methyl/N-ethyl adjacent to an activating group) is 1. The molecule has 0 saturated carbocycles. The molecule has 0 aromatic heterocycles. The fourth-order valence-electron chi connectivity index (χ4n) is 2.86. The van der Waals surface area contributed by atoms with Gasteiger partial charge < -0.3 is 10.1 Å². The first-order valence-corrected chi connectivity index (χ1v) is 8.69. The minimum Gasteiger partial charge on any atom is -0.385 e. The molecule has 1 unspecified atom stereocenters. The van der Waals surface area contributed by atoms with E-state index in [0.29, 0.717) is 17.9 Å². The molecule has 0 bridgehead atoms. The normalized spacial score (nSPS) is 12.0. The molecule has 0 radical (unpaired) electrons. The van der Waals surface area contributed by atoms with Gasteiger partial charge in [0.15, 0.2) is 5.78 Å². The Hall–Kier alpha value is -2.50. The largest absolute Gasteiger partial charge is 0.385 e. The number of ketones is 1. The van der Waals surface area contributed by atoms with Gasteiger partial charge in [0.1, 0.15) is 6.04 Å². The van der Waals surface area contributed by atoms with Crippen LogP contribution in [-0.2, 0) is 9.53 Å². The van der Waals surface area contributed by atoms with Crippen LogP contribution in [0.5, 0.6) is 0 Å². The fourth-order valence-corrected chi connectivity index (χ4v) is 2.86. The van der Waals surface area contributed by atoms with E-state index in [1.165, 1.54) is 6.92 Å². The minimum absolute atomic E-state index is 0.0302. The van der Waals surface area contributed by atoms with E-state index in [1.807, 2.05) is 42.3 Å². The van der Waals surface area contributed by atoms with Crippen molar-refractivity contribution in [3.63, 3.8) is 0 Å². The molecule has 0 aliphatic rings. The smallest absolute Gasteiger partial charge is 0.246 e. The highest BCUT2D eigenvalue weighted by molar-refractivity contribution is 5.98. The van der Waals surface area contributed by atoms with Crippen LogP contribution in [0.4, 0.5) is 5.69 Å². The summed E-state index contributed by atoms with van der Waals surface area (Å²) in [6, 6.07) is 16.3. The summed E-state index contributed by atoms with van der Waals surface area (Å²) in [7, 11) is 3.60. The lowest BCUT2D eigenvalue weighted by Crippen LogP contribution is -2.35. The Morgan fingerprint density at radius 2 is 1.85 bits per heavy atom. The van der Waals surface area contributed by atoms with Crippen molar-refractivity contribution in [3.05, 3.63) is 65.7 Å². The van der Waals surface area contributed by atoms with Gasteiger partial charge in [0.05, 0.1) is 0 Å². The monoisotopic (exact) mass is 354 g/mol. The van der Waals surface area contributed by atoms with Crippen molar-refractivity contribution in [2.75, 3.05) is 32.6 Å². The Kier molecular flexibility index (Phi) is 7.51. The van der Waals surface area contributed by atoms with Gasteiger partial charge in [-0.15, -0.1) is 0 Å². The number of carbonyl (C=O) groups is 2. The molecule has 0 aliphatic carbocycles. The second-order valence-corrected chi connectivity index (χ2v) is 6.27. The topological polar surface area (TPSA) is 58.6 Å². The highest BCUT2D eigenvalue weighted by atomic mass is 16.5. The summed E-state index contributed by atoms with van der Waals surface area (Å²) in [5.41, 5.74) is 2.12. The Bertz CT molecular complexity index is 731. The molecule has 0 heterocycles. The number of nitrogens with one attached hydrogen (secondary N) is 1. The number of hydrogen-bond donors (Lipinski definition) is 1. The molecule has 1 atom stereocenters. The Morgan fingerprint density at radius 1 is 1.12 bits per heavy atom. The van der Waals surface area contributed by atoms with E-state index in [-0.39, 0.29) is 11.7 Å². The van der Waals surface area contributed by atoms with Crippen molar-refractivity contribution < 1.29 is 14.3 Å². The number of benzene rings is 2. The first kappa shape index (κ1) is 19.8. The van der Waals surface area contributed by atoms with Crippen LogP contribution in [0.2, 0.25) is 0 Å². The van der Waals surface area contributed by atoms with Crippen molar-refractivity contribution in [1.82, 2.24) is 4.90 Å². The van der Waals surface area contributed by atoms with Crippen LogP contribution in [0.1, 0.15) is 35.3 Å². The molecule has 0 saturated heterocycles. The first-order valence-electron chi connectivity index (χ1n) is 8.69. The predicted molar refractivity (Wildman–Crippen MR) is 103 cm³/mol. The van der Waals surface area contributed by atoms with Crippen molar-refractivity contribution in [2.45, 2.75) is 19.4 Å². The lowest BCUT2D eigenvalue weighted by Gasteiger charge is -2.27. The van der Waals surface area contributed by atoms with Gasteiger partial charge in [-0.2, -0.15) is 0 Å². The standard InChI is InChI=1S/C21H26N2O3/c1-16(24)18-11-7-12-19(15-18)22-21(25)20(17-9-5-4-6-10-17)23(2)13-8-14-26-3/h4-7,9-12,15,20H,8,13-14H2,1-3H3,(H,22,25). The molecule has 138 valence electrons. The molecule has 5 heteroatoms.